The number of ether oxygens (including phenoxy) is 1. The Morgan fingerprint density at radius 2 is 2.29 bits per heavy atom. The number of nitrogens with two attached hydrogens (primary N) is 1. The van der Waals surface area contributed by atoms with E-state index in [0.717, 1.165) is 18.4 Å². The number of benzene rings is 1. The molecule has 0 aromatic heterocycles. The highest BCUT2D eigenvalue weighted by atomic mass is 79.9. The zero-order valence-electron chi connectivity index (χ0n) is 7.59. The fourth-order valence-corrected chi connectivity index (χ4v) is 1.92. The van der Waals surface area contributed by atoms with Crippen molar-refractivity contribution in [2.45, 2.75) is 18.9 Å². The summed E-state index contributed by atoms with van der Waals surface area (Å²) >= 11 is 3.12. The maximum atomic E-state index is 13.3. The molecule has 14 heavy (non-hydrogen) atoms. The minimum absolute atomic E-state index is 0.116. The third-order valence-corrected chi connectivity index (χ3v) is 2.98. The van der Waals surface area contributed by atoms with Gasteiger partial charge in [0.2, 0.25) is 0 Å². The van der Waals surface area contributed by atoms with Crippen LogP contribution in [0.15, 0.2) is 16.6 Å². The Bertz CT molecular complexity index is 356. The molecule has 4 heteroatoms. The molecule has 0 amide bonds. The van der Waals surface area contributed by atoms with Crippen LogP contribution in [0.25, 0.3) is 0 Å². The van der Waals surface area contributed by atoms with Gasteiger partial charge in [-0.15, -0.1) is 0 Å². The van der Waals surface area contributed by atoms with Crippen LogP contribution >= 0.6 is 15.9 Å². The molecule has 1 aromatic carbocycles. The zero-order chi connectivity index (χ0) is 10.1. The van der Waals surface area contributed by atoms with E-state index in [1.165, 1.54) is 6.07 Å². The molecule has 0 radical (unpaired) electrons. The van der Waals surface area contributed by atoms with Crippen molar-refractivity contribution in [1.29, 1.82) is 0 Å². The first kappa shape index (κ1) is 9.93. The Morgan fingerprint density at radius 3 is 3.07 bits per heavy atom. The SMILES string of the molecule is N[C@@H]1CCCOc2cc(Br)c(F)cc21. The Labute approximate surface area is 90.4 Å². The molecular weight excluding hydrogens is 249 g/mol. The summed E-state index contributed by atoms with van der Waals surface area (Å²) in [5.41, 5.74) is 6.67. The van der Waals surface area contributed by atoms with Crippen molar-refractivity contribution in [3.8, 4) is 5.75 Å². The third kappa shape index (κ3) is 1.77. The number of fused-ring (bicyclic) bond motifs is 1. The van der Waals surface area contributed by atoms with Crippen LogP contribution < -0.4 is 10.5 Å². The number of hydrogen-bond acceptors (Lipinski definition) is 2. The van der Waals surface area contributed by atoms with E-state index in [2.05, 4.69) is 15.9 Å². The Hall–Kier alpha value is -0.610. The highest BCUT2D eigenvalue weighted by Crippen LogP contribution is 2.33. The minimum Gasteiger partial charge on any atom is -0.493 e. The van der Waals surface area contributed by atoms with Crippen molar-refractivity contribution in [2.75, 3.05) is 6.61 Å². The quantitative estimate of drug-likeness (QED) is 0.778. The summed E-state index contributed by atoms with van der Waals surface area (Å²) in [6, 6.07) is 2.99. The van der Waals surface area contributed by atoms with Gasteiger partial charge in [0.25, 0.3) is 0 Å². The highest BCUT2D eigenvalue weighted by Gasteiger charge is 2.18. The molecule has 1 aliphatic rings. The van der Waals surface area contributed by atoms with Gasteiger partial charge in [0.1, 0.15) is 11.6 Å². The number of hydrogen-bond donors (Lipinski definition) is 1. The smallest absolute Gasteiger partial charge is 0.137 e. The van der Waals surface area contributed by atoms with Gasteiger partial charge in [0, 0.05) is 11.6 Å². The lowest BCUT2D eigenvalue weighted by Crippen LogP contribution is -2.09. The van der Waals surface area contributed by atoms with Crippen molar-refractivity contribution in [3.63, 3.8) is 0 Å². The molecule has 1 heterocycles. The molecule has 1 aliphatic heterocycles. The Balaban J connectivity index is 2.49. The van der Waals surface area contributed by atoms with Gasteiger partial charge in [-0.05, 0) is 40.9 Å². The van der Waals surface area contributed by atoms with E-state index in [1.807, 2.05) is 0 Å². The summed E-state index contributed by atoms with van der Waals surface area (Å²) in [6.07, 6.45) is 1.75. The predicted octanol–water partition coefficient (Wildman–Crippen LogP) is 2.76. The standard InChI is InChI=1S/C10H11BrFNO/c11-7-5-10-6(4-8(7)12)9(13)2-1-3-14-10/h4-5,9H,1-3,13H2/t9-/m1/s1. The lowest BCUT2D eigenvalue weighted by molar-refractivity contribution is 0.315. The lowest BCUT2D eigenvalue weighted by atomic mass is 10.0. The van der Waals surface area contributed by atoms with E-state index >= 15 is 0 Å². The topological polar surface area (TPSA) is 35.2 Å². The molecule has 0 unspecified atom stereocenters. The maximum Gasteiger partial charge on any atom is 0.137 e. The molecule has 1 aromatic rings. The second kappa shape index (κ2) is 3.87. The van der Waals surface area contributed by atoms with Crippen LogP contribution in [-0.2, 0) is 0 Å². The summed E-state index contributed by atoms with van der Waals surface area (Å²) in [4.78, 5) is 0. The van der Waals surface area contributed by atoms with Gasteiger partial charge in [-0.25, -0.2) is 4.39 Å². The van der Waals surface area contributed by atoms with Crippen LogP contribution in [0.3, 0.4) is 0 Å². The van der Waals surface area contributed by atoms with Gasteiger partial charge in [0.15, 0.2) is 0 Å². The minimum atomic E-state index is -0.287. The fourth-order valence-electron chi connectivity index (χ4n) is 1.60. The second-order valence-corrected chi connectivity index (χ2v) is 4.26. The van der Waals surface area contributed by atoms with Crippen molar-refractivity contribution in [1.82, 2.24) is 0 Å². The van der Waals surface area contributed by atoms with Gasteiger partial charge in [0.05, 0.1) is 11.1 Å². The van der Waals surface area contributed by atoms with E-state index in [4.69, 9.17) is 10.5 Å². The summed E-state index contributed by atoms with van der Waals surface area (Å²) in [5.74, 6) is 0.410. The van der Waals surface area contributed by atoms with Crippen molar-refractivity contribution >= 4 is 15.9 Å². The van der Waals surface area contributed by atoms with Crippen molar-refractivity contribution in [3.05, 3.63) is 28.0 Å². The lowest BCUT2D eigenvalue weighted by Gasteiger charge is -2.12. The van der Waals surface area contributed by atoms with E-state index in [0.29, 0.717) is 16.8 Å². The molecule has 2 nitrogen and oxygen atoms in total. The fraction of sp³-hybridized carbons (Fsp3) is 0.400. The summed E-state index contributed by atoms with van der Waals surface area (Å²) < 4.78 is 19.2. The molecule has 0 bridgehead atoms. The first-order valence-corrected chi connectivity index (χ1v) is 5.35. The summed E-state index contributed by atoms with van der Waals surface area (Å²) in [5, 5.41) is 0. The Morgan fingerprint density at radius 1 is 1.50 bits per heavy atom. The molecule has 0 saturated heterocycles. The van der Waals surface area contributed by atoms with Crippen LogP contribution in [0.1, 0.15) is 24.4 Å². The number of rotatable bonds is 0. The van der Waals surface area contributed by atoms with Gasteiger partial charge in [-0.1, -0.05) is 0 Å². The van der Waals surface area contributed by atoms with Crippen molar-refractivity contribution < 1.29 is 9.13 Å². The van der Waals surface area contributed by atoms with Gasteiger partial charge in [-0.2, -0.15) is 0 Å². The van der Waals surface area contributed by atoms with Crippen LogP contribution in [0.2, 0.25) is 0 Å². The van der Waals surface area contributed by atoms with E-state index in [9.17, 15) is 4.39 Å². The molecule has 0 aliphatic carbocycles. The first-order chi connectivity index (χ1) is 6.68. The normalized spacial score (nSPS) is 20.9. The molecule has 0 saturated carbocycles. The summed E-state index contributed by atoms with van der Waals surface area (Å²) in [6.45, 7) is 0.652. The summed E-state index contributed by atoms with van der Waals surface area (Å²) in [7, 11) is 0. The van der Waals surface area contributed by atoms with E-state index in [1.54, 1.807) is 6.07 Å². The third-order valence-electron chi connectivity index (χ3n) is 2.37. The van der Waals surface area contributed by atoms with Gasteiger partial charge >= 0.3 is 0 Å². The number of halogens is 2. The molecule has 0 spiro atoms. The predicted molar refractivity (Wildman–Crippen MR) is 55.8 cm³/mol. The molecular formula is C10H11BrFNO. The molecule has 2 rings (SSSR count). The molecule has 76 valence electrons. The highest BCUT2D eigenvalue weighted by molar-refractivity contribution is 9.10. The average Bonchev–Trinajstić information content (AvgIpc) is 2.31. The average molecular weight is 260 g/mol. The van der Waals surface area contributed by atoms with E-state index in [-0.39, 0.29) is 11.9 Å². The van der Waals surface area contributed by atoms with E-state index < -0.39 is 0 Å². The first-order valence-electron chi connectivity index (χ1n) is 4.56. The maximum absolute atomic E-state index is 13.3. The second-order valence-electron chi connectivity index (χ2n) is 3.40. The molecule has 2 N–H and O–H groups in total. The molecule has 1 atom stereocenters. The van der Waals surface area contributed by atoms with Gasteiger partial charge in [-0.3, -0.25) is 0 Å². The monoisotopic (exact) mass is 259 g/mol. The van der Waals surface area contributed by atoms with Gasteiger partial charge < -0.3 is 10.5 Å². The van der Waals surface area contributed by atoms with Crippen LogP contribution in [0.4, 0.5) is 4.39 Å². The molecule has 0 fully saturated rings. The van der Waals surface area contributed by atoms with Crippen molar-refractivity contribution in [2.24, 2.45) is 5.73 Å². The van der Waals surface area contributed by atoms with Crippen LogP contribution in [-0.4, -0.2) is 6.61 Å². The largest absolute Gasteiger partial charge is 0.493 e. The van der Waals surface area contributed by atoms with Crippen LogP contribution in [0.5, 0.6) is 5.75 Å². The Kier molecular flexibility index (Phi) is 2.74. The zero-order valence-corrected chi connectivity index (χ0v) is 9.18. The van der Waals surface area contributed by atoms with Crippen LogP contribution in [0, 0.1) is 5.82 Å².